The first-order valence-corrected chi connectivity index (χ1v) is 16.5. The van der Waals surface area contributed by atoms with Crippen molar-refractivity contribution in [3.63, 3.8) is 0 Å². The molecule has 0 unspecified atom stereocenters. The third-order valence-corrected chi connectivity index (χ3v) is 9.69. The predicted molar refractivity (Wildman–Crippen MR) is 176 cm³/mol. The highest BCUT2D eigenvalue weighted by Gasteiger charge is 2.42. The van der Waals surface area contributed by atoms with E-state index in [0.717, 1.165) is 8.95 Å². The van der Waals surface area contributed by atoms with Gasteiger partial charge in [0.25, 0.3) is 0 Å². The Kier molecular flexibility index (Phi) is 9.46. The zero-order chi connectivity index (χ0) is 27.2. The zero-order valence-corrected chi connectivity index (χ0v) is 26.6. The lowest BCUT2D eigenvalue weighted by Gasteiger charge is -2.33. The zero-order valence-electron chi connectivity index (χ0n) is 23.4. The van der Waals surface area contributed by atoms with Crippen molar-refractivity contribution in [2.45, 2.75) is 83.5 Å². The van der Waals surface area contributed by atoms with Gasteiger partial charge in [0.05, 0.1) is 0 Å². The predicted octanol–water partition coefficient (Wildman–Crippen LogP) is 12.8. The van der Waals surface area contributed by atoms with Gasteiger partial charge in [-0.25, -0.2) is 0 Å². The first-order valence-electron chi connectivity index (χ1n) is 14.9. The van der Waals surface area contributed by atoms with Crippen LogP contribution in [-0.4, -0.2) is 0 Å². The van der Waals surface area contributed by atoms with Crippen molar-refractivity contribution in [2.75, 3.05) is 0 Å². The highest BCUT2D eigenvalue weighted by atomic mass is 79.9. The van der Waals surface area contributed by atoms with Crippen molar-refractivity contribution in [3.05, 3.63) is 105 Å². The van der Waals surface area contributed by atoms with Gasteiger partial charge in [0.2, 0.25) is 0 Å². The van der Waals surface area contributed by atoms with Crippen LogP contribution in [0, 0.1) is 0 Å². The van der Waals surface area contributed by atoms with Crippen molar-refractivity contribution >= 4 is 31.9 Å². The van der Waals surface area contributed by atoms with Crippen molar-refractivity contribution in [3.8, 4) is 33.4 Å². The second-order valence-electron chi connectivity index (χ2n) is 11.2. The molecule has 0 saturated heterocycles. The largest absolute Gasteiger partial charge is 0.0654 e. The molecule has 2 heteroatoms. The van der Waals surface area contributed by atoms with Crippen LogP contribution in [0.5, 0.6) is 0 Å². The summed E-state index contributed by atoms with van der Waals surface area (Å²) < 4.78 is 2.25. The molecule has 4 aromatic carbocycles. The Balaban J connectivity index is 1.64. The summed E-state index contributed by atoms with van der Waals surface area (Å²) in [4.78, 5) is 0. The molecule has 1 aliphatic carbocycles. The normalized spacial score (nSPS) is 13.3. The lowest BCUT2D eigenvalue weighted by molar-refractivity contribution is 0.401. The van der Waals surface area contributed by atoms with Crippen LogP contribution in [0.3, 0.4) is 0 Å². The first kappa shape index (κ1) is 28.4. The summed E-state index contributed by atoms with van der Waals surface area (Å²) in [5.74, 6) is 0. The smallest absolute Gasteiger partial charge is 0.0215 e. The van der Waals surface area contributed by atoms with Gasteiger partial charge in [0, 0.05) is 14.4 Å². The Morgan fingerprint density at radius 3 is 1.23 bits per heavy atom. The quantitative estimate of drug-likeness (QED) is 0.135. The summed E-state index contributed by atoms with van der Waals surface area (Å²) in [5.41, 5.74) is 11.3. The monoisotopic (exact) mass is 642 g/mol. The summed E-state index contributed by atoms with van der Waals surface area (Å²) in [7, 11) is 0. The lowest BCUT2D eigenvalue weighted by Crippen LogP contribution is -2.25. The molecule has 0 atom stereocenters. The van der Waals surface area contributed by atoms with Gasteiger partial charge in [0.1, 0.15) is 0 Å². The number of rotatable bonds is 12. The maximum Gasteiger partial charge on any atom is 0.0215 e. The first-order chi connectivity index (χ1) is 19.1. The molecular formula is C37H40Br2. The average Bonchev–Trinajstić information content (AvgIpc) is 3.23. The summed E-state index contributed by atoms with van der Waals surface area (Å²) >= 11 is 7.23. The van der Waals surface area contributed by atoms with E-state index >= 15 is 0 Å². The molecule has 39 heavy (non-hydrogen) atoms. The number of unbranched alkanes of at least 4 members (excludes halogenated alkanes) is 6. The molecule has 1 aliphatic rings. The van der Waals surface area contributed by atoms with Crippen LogP contribution in [0.1, 0.15) is 89.2 Å². The molecule has 0 nitrogen and oxygen atoms in total. The lowest BCUT2D eigenvalue weighted by atomic mass is 9.70. The number of hydrogen-bond acceptors (Lipinski definition) is 0. The van der Waals surface area contributed by atoms with Gasteiger partial charge in [-0.1, -0.05) is 146 Å². The van der Waals surface area contributed by atoms with Crippen molar-refractivity contribution in [1.82, 2.24) is 0 Å². The van der Waals surface area contributed by atoms with Crippen LogP contribution in [-0.2, 0) is 5.41 Å². The van der Waals surface area contributed by atoms with Crippen LogP contribution >= 0.6 is 31.9 Å². The molecule has 5 rings (SSSR count). The second kappa shape index (κ2) is 13.0. The van der Waals surface area contributed by atoms with E-state index < -0.39 is 0 Å². The highest BCUT2D eigenvalue weighted by molar-refractivity contribution is 9.10. The summed E-state index contributed by atoms with van der Waals surface area (Å²) in [5, 5.41) is 0. The standard InChI is InChI=1S/C37H40Br2/c1-3-5-7-9-23-37(24-10-8-6-4-2)35-25-29(27-11-17-31(38)18-12-27)15-21-33(35)34-22-16-30(26-36(34)37)28-13-19-32(39)20-14-28/h11-22,25-26H,3-10,23-24H2,1-2H3. The molecule has 0 amide bonds. The molecular weight excluding hydrogens is 604 g/mol. The number of hydrogen-bond donors (Lipinski definition) is 0. The van der Waals surface area contributed by atoms with Crippen LogP contribution < -0.4 is 0 Å². The van der Waals surface area contributed by atoms with Gasteiger partial charge in [-0.05, 0) is 93.7 Å². The minimum atomic E-state index is 0.0723. The van der Waals surface area contributed by atoms with E-state index in [4.69, 9.17) is 0 Å². The highest BCUT2D eigenvalue weighted by Crippen LogP contribution is 2.55. The van der Waals surface area contributed by atoms with E-state index in [0.29, 0.717) is 0 Å². The molecule has 0 radical (unpaired) electrons. The average molecular weight is 645 g/mol. The van der Waals surface area contributed by atoms with Gasteiger partial charge >= 0.3 is 0 Å². The molecule has 0 saturated carbocycles. The second-order valence-corrected chi connectivity index (χ2v) is 13.1. The maximum atomic E-state index is 3.61. The fourth-order valence-corrected chi connectivity index (χ4v) is 7.04. The van der Waals surface area contributed by atoms with E-state index in [2.05, 4.69) is 131 Å². The summed E-state index contributed by atoms with van der Waals surface area (Å²) in [6.07, 6.45) is 12.9. The Labute approximate surface area is 252 Å². The Morgan fingerprint density at radius 2 is 0.846 bits per heavy atom. The topological polar surface area (TPSA) is 0 Å². The van der Waals surface area contributed by atoms with Gasteiger partial charge < -0.3 is 0 Å². The minimum Gasteiger partial charge on any atom is -0.0654 e. The number of fused-ring (bicyclic) bond motifs is 3. The fourth-order valence-electron chi connectivity index (χ4n) is 6.51. The van der Waals surface area contributed by atoms with Gasteiger partial charge in [-0.3, -0.25) is 0 Å². The third kappa shape index (κ3) is 6.13. The third-order valence-electron chi connectivity index (χ3n) is 8.63. The van der Waals surface area contributed by atoms with Crippen molar-refractivity contribution < 1.29 is 0 Å². The van der Waals surface area contributed by atoms with Gasteiger partial charge in [-0.15, -0.1) is 0 Å². The summed E-state index contributed by atoms with van der Waals surface area (Å²) in [6, 6.07) is 32.1. The number of halogens is 2. The molecule has 4 aromatic rings. The molecule has 0 fully saturated rings. The number of benzene rings is 4. The van der Waals surface area contributed by atoms with E-state index in [1.807, 2.05) is 0 Å². The molecule has 0 aromatic heterocycles. The van der Waals surface area contributed by atoms with E-state index in [-0.39, 0.29) is 5.41 Å². The van der Waals surface area contributed by atoms with Gasteiger partial charge in [0.15, 0.2) is 0 Å². The van der Waals surface area contributed by atoms with E-state index in [9.17, 15) is 0 Å². The van der Waals surface area contributed by atoms with E-state index in [1.54, 1.807) is 11.1 Å². The molecule has 202 valence electrons. The van der Waals surface area contributed by atoms with Crippen LogP contribution in [0.4, 0.5) is 0 Å². The van der Waals surface area contributed by atoms with Crippen molar-refractivity contribution in [1.29, 1.82) is 0 Å². The molecule has 0 spiro atoms. The van der Waals surface area contributed by atoms with Crippen molar-refractivity contribution in [2.24, 2.45) is 0 Å². The Morgan fingerprint density at radius 1 is 0.462 bits per heavy atom. The Hall–Kier alpha value is -2.16. The van der Waals surface area contributed by atoms with E-state index in [1.165, 1.54) is 97.6 Å². The van der Waals surface area contributed by atoms with Crippen LogP contribution in [0.25, 0.3) is 33.4 Å². The molecule has 0 N–H and O–H groups in total. The maximum absolute atomic E-state index is 3.61. The Bertz CT molecular complexity index is 1270. The molecule has 0 aliphatic heterocycles. The summed E-state index contributed by atoms with van der Waals surface area (Å²) in [6.45, 7) is 4.63. The fraction of sp³-hybridized carbons (Fsp3) is 0.351. The van der Waals surface area contributed by atoms with Crippen LogP contribution in [0.15, 0.2) is 93.9 Å². The minimum absolute atomic E-state index is 0.0723. The SMILES string of the molecule is CCCCCCC1(CCCCCC)c2cc(-c3ccc(Br)cc3)ccc2-c2ccc(-c3ccc(Br)cc3)cc21. The molecule has 0 bridgehead atoms. The van der Waals surface area contributed by atoms with Gasteiger partial charge in [-0.2, -0.15) is 0 Å². The molecule has 0 heterocycles. The van der Waals surface area contributed by atoms with Crippen LogP contribution in [0.2, 0.25) is 0 Å².